The number of amides is 2. The Labute approximate surface area is 190 Å². The molecule has 1 fully saturated rings. The largest absolute Gasteiger partial charge is 0.508 e. The molecule has 1 aliphatic heterocycles. The van der Waals surface area contributed by atoms with Crippen LogP contribution in [-0.2, 0) is 39.0 Å². The summed E-state index contributed by atoms with van der Waals surface area (Å²) in [6.07, 6.45) is -1.21. The van der Waals surface area contributed by atoms with Crippen LogP contribution in [0.4, 0.5) is 9.93 Å². The number of carboxylic acid groups (broad SMARTS) is 1. The van der Waals surface area contributed by atoms with Crippen LogP contribution < -0.4 is 11.1 Å². The number of aliphatic carboxylic acids is 1. The highest BCUT2D eigenvalue weighted by Crippen LogP contribution is 2.24. The van der Waals surface area contributed by atoms with E-state index in [0.717, 1.165) is 32.3 Å². The van der Waals surface area contributed by atoms with Gasteiger partial charge < -0.3 is 30.5 Å². The number of hydrogen-bond donors (Lipinski definition) is 4. The lowest BCUT2D eigenvalue weighted by molar-refractivity contribution is -0.161. The number of nitrogens with zero attached hydrogens (tertiary/aromatic N) is 3. The Morgan fingerprint density at radius 3 is 2.52 bits per heavy atom. The van der Waals surface area contributed by atoms with Crippen molar-refractivity contribution in [3.63, 3.8) is 0 Å². The number of methoxy groups -OCH3 is 1. The lowest BCUT2D eigenvalue weighted by Gasteiger charge is -2.43. The first kappa shape index (κ1) is 25.7. The van der Waals surface area contributed by atoms with Crippen LogP contribution in [-0.4, -0.2) is 88.4 Å². The van der Waals surface area contributed by atoms with Gasteiger partial charge in [-0.25, -0.2) is 18.9 Å². The molecule has 2 heterocycles. The minimum atomic E-state index is -5.04. The topological polar surface area (TPSA) is 237 Å². The third-order valence-electron chi connectivity index (χ3n) is 4.10. The van der Waals surface area contributed by atoms with E-state index in [1.54, 1.807) is 0 Å². The lowest BCUT2D eigenvalue weighted by Crippen LogP contribution is -2.73. The van der Waals surface area contributed by atoms with Gasteiger partial charge >= 0.3 is 22.4 Å². The van der Waals surface area contributed by atoms with E-state index in [1.807, 2.05) is 0 Å². The van der Waals surface area contributed by atoms with Gasteiger partial charge in [0.1, 0.15) is 24.4 Å². The maximum atomic E-state index is 12.8. The van der Waals surface area contributed by atoms with Crippen molar-refractivity contribution in [2.24, 2.45) is 5.16 Å². The number of thiazole rings is 1. The van der Waals surface area contributed by atoms with Crippen LogP contribution >= 0.6 is 11.3 Å². The van der Waals surface area contributed by atoms with Crippen LogP contribution in [0.25, 0.3) is 0 Å². The highest BCUT2D eigenvalue weighted by molar-refractivity contribution is 7.84. The number of rotatable bonds is 9. The summed E-state index contributed by atoms with van der Waals surface area (Å²) >= 11 is 0.922. The van der Waals surface area contributed by atoms with E-state index in [0.29, 0.717) is 0 Å². The first-order valence-corrected chi connectivity index (χ1v) is 11.0. The monoisotopic (exact) mass is 509 g/mol. The number of carbonyl (C=O) groups is 4. The third kappa shape index (κ3) is 5.84. The summed E-state index contributed by atoms with van der Waals surface area (Å²) in [6, 6.07) is -3.11. The van der Waals surface area contributed by atoms with E-state index in [9.17, 15) is 32.1 Å². The van der Waals surface area contributed by atoms with Crippen LogP contribution in [0.15, 0.2) is 10.5 Å². The molecule has 0 aromatic carbocycles. The molecule has 1 aliphatic rings. The number of carbonyl (C=O) groups excluding carboxylic acids is 3. The van der Waals surface area contributed by atoms with Gasteiger partial charge in [-0.15, -0.1) is 11.3 Å². The molecule has 182 valence electrons. The van der Waals surface area contributed by atoms with E-state index in [2.05, 4.69) is 24.9 Å². The first-order chi connectivity index (χ1) is 15.2. The van der Waals surface area contributed by atoms with Crippen molar-refractivity contribution < 1.29 is 51.6 Å². The normalized spacial score (nSPS) is 18.8. The van der Waals surface area contributed by atoms with E-state index in [-0.39, 0.29) is 15.1 Å². The molecular weight excluding hydrogens is 490 g/mol. The van der Waals surface area contributed by atoms with E-state index in [1.165, 1.54) is 5.38 Å². The second-order valence-electron chi connectivity index (χ2n) is 6.81. The Morgan fingerprint density at radius 1 is 1.39 bits per heavy atom. The average molecular weight is 509 g/mol. The number of anilines is 1. The molecule has 0 radical (unpaired) electrons. The molecule has 0 unspecified atom stereocenters. The van der Waals surface area contributed by atoms with Gasteiger partial charge in [-0.1, -0.05) is 5.16 Å². The number of nitrogens with two attached hydrogens (primary N) is 1. The standard InChI is InChI=1S/C15H19N5O11S2/c1-15(2,12(23)24)31-19-8(6-5-32-13(16)17-6)10(21)18-9-7(4-30-14(25)29-3)20(11(9)22)33(26,27)28/h5,7,9H,4H2,1-3H3,(H2,16,17)(H,18,21)(H,23,24)(H,26,27,28)/t7-,9+/m0/s1. The lowest BCUT2D eigenvalue weighted by atomic mass is 9.99. The van der Waals surface area contributed by atoms with E-state index >= 15 is 0 Å². The van der Waals surface area contributed by atoms with Crippen molar-refractivity contribution in [2.75, 3.05) is 19.5 Å². The van der Waals surface area contributed by atoms with Gasteiger partial charge in [0, 0.05) is 5.38 Å². The molecule has 0 spiro atoms. The second kappa shape index (κ2) is 9.55. The molecule has 1 aromatic heterocycles. The number of carboxylic acids is 1. The van der Waals surface area contributed by atoms with Crippen LogP contribution in [0, 0.1) is 0 Å². The Morgan fingerprint density at radius 2 is 2.03 bits per heavy atom. The predicted molar refractivity (Wildman–Crippen MR) is 108 cm³/mol. The number of ether oxygens (including phenoxy) is 2. The fourth-order valence-corrected chi connectivity index (χ4v) is 3.76. The highest BCUT2D eigenvalue weighted by atomic mass is 32.2. The third-order valence-corrected chi connectivity index (χ3v) is 5.72. The summed E-state index contributed by atoms with van der Waals surface area (Å²) in [4.78, 5) is 56.3. The van der Waals surface area contributed by atoms with Crippen molar-refractivity contribution in [2.45, 2.75) is 31.5 Å². The Balaban J connectivity index is 2.31. The van der Waals surface area contributed by atoms with Crippen molar-refractivity contribution >= 4 is 56.4 Å². The molecule has 1 saturated heterocycles. The summed E-state index contributed by atoms with van der Waals surface area (Å²) in [6.45, 7) is 1.55. The zero-order valence-corrected chi connectivity index (χ0v) is 18.9. The van der Waals surface area contributed by atoms with Crippen molar-refractivity contribution in [1.29, 1.82) is 0 Å². The Kier molecular flexibility index (Phi) is 7.45. The SMILES string of the molecule is COC(=O)OC[C@H]1[C@@H](NC(=O)C(=NOC(C)(C)C(=O)O)c2csc(N)n2)C(=O)N1S(=O)(=O)O. The molecule has 0 saturated carbocycles. The van der Waals surface area contributed by atoms with Gasteiger partial charge in [0.15, 0.2) is 10.8 Å². The van der Waals surface area contributed by atoms with Gasteiger partial charge in [0.05, 0.1) is 7.11 Å². The molecule has 5 N–H and O–H groups in total. The molecule has 2 rings (SSSR count). The first-order valence-electron chi connectivity index (χ1n) is 8.72. The summed E-state index contributed by atoms with van der Waals surface area (Å²) in [7, 11) is -4.06. The quantitative estimate of drug-likeness (QED) is 0.0985. The van der Waals surface area contributed by atoms with Crippen molar-refractivity contribution in [3.05, 3.63) is 11.1 Å². The van der Waals surface area contributed by atoms with Gasteiger partial charge in [0.25, 0.3) is 11.8 Å². The van der Waals surface area contributed by atoms with E-state index < -0.39 is 64.2 Å². The smallest absolute Gasteiger partial charge is 0.478 e. The summed E-state index contributed by atoms with van der Waals surface area (Å²) in [5.41, 5.74) is 2.99. The molecule has 33 heavy (non-hydrogen) atoms. The molecule has 2 amide bonds. The summed E-state index contributed by atoms with van der Waals surface area (Å²) in [5.74, 6) is -3.77. The molecule has 2 atom stereocenters. The zero-order chi connectivity index (χ0) is 25.1. The van der Waals surface area contributed by atoms with Crippen molar-refractivity contribution in [1.82, 2.24) is 14.6 Å². The van der Waals surface area contributed by atoms with Crippen molar-refractivity contribution in [3.8, 4) is 0 Å². The predicted octanol–water partition coefficient (Wildman–Crippen LogP) is -1.41. The average Bonchev–Trinajstić information content (AvgIpc) is 3.13. The molecule has 18 heteroatoms. The number of β-lactam (4-membered cyclic amide) rings is 1. The number of nitrogens with one attached hydrogen (secondary N) is 1. The minimum Gasteiger partial charge on any atom is -0.478 e. The molecule has 0 aliphatic carbocycles. The minimum absolute atomic E-state index is 0.00255. The Bertz CT molecular complexity index is 1100. The fourth-order valence-electron chi connectivity index (χ4n) is 2.35. The number of oxime groups is 1. The second-order valence-corrected chi connectivity index (χ2v) is 8.99. The van der Waals surface area contributed by atoms with E-state index in [4.69, 9.17) is 15.7 Å². The van der Waals surface area contributed by atoms with Crippen LogP contribution in [0.1, 0.15) is 19.5 Å². The van der Waals surface area contributed by atoms with Gasteiger partial charge in [-0.05, 0) is 13.8 Å². The molecular formula is C15H19N5O11S2. The maximum Gasteiger partial charge on any atom is 0.508 e. The van der Waals surface area contributed by atoms with Crippen LogP contribution in [0.5, 0.6) is 0 Å². The fraction of sp³-hybridized carbons (Fsp3) is 0.467. The maximum absolute atomic E-state index is 12.8. The number of nitrogen functional groups attached to an aromatic ring is 1. The van der Waals surface area contributed by atoms with Gasteiger partial charge in [-0.2, -0.15) is 8.42 Å². The summed E-state index contributed by atoms with van der Waals surface area (Å²) < 4.78 is 41.0. The Hall–Kier alpha value is -3.51. The van der Waals surface area contributed by atoms with Gasteiger partial charge in [0.2, 0.25) is 5.60 Å². The molecule has 1 aromatic rings. The van der Waals surface area contributed by atoms with Crippen LogP contribution in [0.2, 0.25) is 0 Å². The van der Waals surface area contributed by atoms with Gasteiger partial charge in [-0.3, -0.25) is 14.1 Å². The van der Waals surface area contributed by atoms with Crippen LogP contribution in [0.3, 0.4) is 0 Å². The number of hydrogen-bond acceptors (Lipinski definition) is 13. The molecule has 16 nitrogen and oxygen atoms in total. The molecule has 0 bridgehead atoms. The zero-order valence-electron chi connectivity index (χ0n) is 17.2. The summed E-state index contributed by atoms with van der Waals surface area (Å²) in [5, 5.41) is 16.2. The number of aromatic nitrogens is 1. The highest BCUT2D eigenvalue weighted by Gasteiger charge is 2.55.